The fourth-order valence-corrected chi connectivity index (χ4v) is 7.34. The van der Waals surface area contributed by atoms with Crippen LogP contribution < -0.4 is 5.32 Å². The van der Waals surface area contributed by atoms with Crippen molar-refractivity contribution in [2.45, 2.75) is 54.0 Å². The molecule has 0 saturated carbocycles. The summed E-state index contributed by atoms with van der Waals surface area (Å²) in [6, 6.07) is 6.40. The topological polar surface area (TPSA) is 86.8 Å². The molecule has 1 aromatic rings. The minimum Gasteiger partial charge on any atom is -0.310 e. The lowest BCUT2D eigenvalue weighted by Crippen LogP contribution is -2.39. The van der Waals surface area contributed by atoms with Crippen LogP contribution in [-0.4, -0.2) is 63.7 Å². The van der Waals surface area contributed by atoms with Crippen LogP contribution in [0.25, 0.3) is 0 Å². The highest BCUT2D eigenvalue weighted by Crippen LogP contribution is 2.27. The van der Waals surface area contributed by atoms with Crippen LogP contribution in [0.3, 0.4) is 0 Å². The van der Waals surface area contributed by atoms with Crippen molar-refractivity contribution in [1.29, 1.82) is 0 Å². The molecule has 152 valence electrons. The second-order valence-corrected chi connectivity index (χ2v) is 11.3. The molecule has 3 saturated heterocycles. The molecule has 1 N–H and O–H groups in total. The third-order valence-corrected chi connectivity index (χ3v) is 9.39. The van der Waals surface area contributed by atoms with Gasteiger partial charge in [0.1, 0.15) is 0 Å². The van der Waals surface area contributed by atoms with Gasteiger partial charge in [-0.1, -0.05) is 6.07 Å². The Labute approximate surface area is 167 Å². The maximum atomic E-state index is 13.1. The summed E-state index contributed by atoms with van der Waals surface area (Å²) in [4.78, 5) is 0.130. The number of hydrogen-bond donors (Lipinski definition) is 1. The van der Waals surface area contributed by atoms with Gasteiger partial charge < -0.3 is 5.32 Å². The van der Waals surface area contributed by atoms with Gasteiger partial charge in [-0.05, 0) is 50.3 Å². The van der Waals surface area contributed by atoms with Crippen LogP contribution >= 0.6 is 12.4 Å². The van der Waals surface area contributed by atoms with Crippen molar-refractivity contribution in [2.75, 3.05) is 26.2 Å². The SMILES string of the molecule is Cl.O=S(=O)(c1cccc(S(=O)(=O)N2CCC3CCC(C2)N3)c1)N1CCCC1. The highest BCUT2D eigenvalue weighted by Gasteiger charge is 2.35. The molecule has 1 aromatic carbocycles. The van der Waals surface area contributed by atoms with Gasteiger partial charge in [-0.25, -0.2) is 16.8 Å². The molecule has 0 amide bonds. The van der Waals surface area contributed by atoms with Crippen LogP contribution in [0.1, 0.15) is 32.1 Å². The van der Waals surface area contributed by atoms with E-state index >= 15 is 0 Å². The minimum atomic E-state index is -3.70. The van der Waals surface area contributed by atoms with E-state index in [-0.39, 0.29) is 28.2 Å². The normalized spacial score (nSPS) is 27.3. The van der Waals surface area contributed by atoms with E-state index in [1.165, 1.54) is 32.9 Å². The molecule has 3 fully saturated rings. The predicted molar refractivity (Wildman–Crippen MR) is 105 cm³/mol. The standard InChI is InChI=1S/C17H25N3O4S2.ClH/c21-25(22,19-9-1-2-10-19)16-4-3-5-17(12-16)26(23,24)20-11-8-14-6-7-15(13-20)18-14;/h3-5,12,14-15,18H,1-2,6-11,13H2;1H. The molecule has 3 heterocycles. The van der Waals surface area contributed by atoms with Crippen molar-refractivity contribution in [2.24, 2.45) is 0 Å². The zero-order valence-corrected chi connectivity index (χ0v) is 17.5. The molecule has 3 aliphatic rings. The summed E-state index contributed by atoms with van der Waals surface area (Å²) in [5, 5.41) is 3.47. The molecule has 2 atom stereocenters. The molecular weight excluding hydrogens is 410 g/mol. The van der Waals surface area contributed by atoms with Crippen molar-refractivity contribution in [3.63, 3.8) is 0 Å². The van der Waals surface area contributed by atoms with Crippen LogP contribution in [0, 0.1) is 0 Å². The van der Waals surface area contributed by atoms with Crippen molar-refractivity contribution in [3.8, 4) is 0 Å². The molecular formula is C17H26ClN3O4S2. The van der Waals surface area contributed by atoms with Crippen molar-refractivity contribution in [1.82, 2.24) is 13.9 Å². The average Bonchev–Trinajstić information content (AvgIpc) is 3.25. The second-order valence-electron chi connectivity index (χ2n) is 7.38. The maximum Gasteiger partial charge on any atom is 0.243 e. The smallest absolute Gasteiger partial charge is 0.243 e. The number of nitrogens with one attached hydrogen (secondary N) is 1. The van der Waals surface area contributed by atoms with E-state index in [1.807, 2.05) is 0 Å². The number of benzene rings is 1. The molecule has 3 aliphatic heterocycles. The van der Waals surface area contributed by atoms with Gasteiger partial charge in [0.25, 0.3) is 0 Å². The van der Waals surface area contributed by atoms with E-state index in [1.54, 1.807) is 0 Å². The third-order valence-electron chi connectivity index (χ3n) is 5.63. The van der Waals surface area contributed by atoms with E-state index in [2.05, 4.69) is 5.32 Å². The molecule has 4 rings (SSSR count). The number of sulfonamides is 2. The first-order valence-corrected chi connectivity index (χ1v) is 12.1. The lowest BCUT2D eigenvalue weighted by atomic mass is 10.1. The molecule has 0 aliphatic carbocycles. The molecule has 0 spiro atoms. The molecule has 27 heavy (non-hydrogen) atoms. The summed E-state index contributed by atoms with van der Waals surface area (Å²) >= 11 is 0. The zero-order chi connectivity index (χ0) is 18.4. The highest BCUT2D eigenvalue weighted by molar-refractivity contribution is 7.90. The van der Waals surface area contributed by atoms with Gasteiger partial charge in [0.15, 0.2) is 0 Å². The Morgan fingerprint density at radius 3 is 2.07 bits per heavy atom. The Kier molecular flexibility index (Phi) is 6.20. The van der Waals surface area contributed by atoms with Crippen LogP contribution in [0.5, 0.6) is 0 Å². The Morgan fingerprint density at radius 2 is 1.41 bits per heavy atom. The van der Waals surface area contributed by atoms with Gasteiger partial charge >= 0.3 is 0 Å². The first-order valence-electron chi connectivity index (χ1n) is 9.24. The lowest BCUT2D eigenvalue weighted by Gasteiger charge is -2.24. The highest BCUT2D eigenvalue weighted by atomic mass is 35.5. The van der Waals surface area contributed by atoms with E-state index in [0.717, 1.165) is 32.1 Å². The predicted octanol–water partition coefficient (Wildman–Crippen LogP) is 1.41. The Morgan fingerprint density at radius 1 is 0.815 bits per heavy atom. The Balaban J connectivity index is 0.00000210. The van der Waals surface area contributed by atoms with Crippen LogP contribution in [-0.2, 0) is 20.0 Å². The summed E-state index contributed by atoms with van der Waals surface area (Å²) in [6.45, 7) is 1.92. The van der Waals surface area contributed by atoms with Crippen LogP contribution in [0.2, 0.25) is 0 Å². The largest absolute Gasteiger partial charge is 0.310 e. The van der Waals surface area contributed by atoms with E-state index in [4.69, 9.17) is 0 Å². The summed E-state index contributed by atoms with van der Waals surface area (Å²) in [7, 11) is -7.33. The second kappa shape index (κ2) is 7.96. The summed E-state index contributed by atoms with van der Waals surface area (Å²) in [5.74, 6) is 0. The number of nitrogens with zero attached hydrogens (tertiary/aromatic N) is 2. The Bertz CT molecular complexity index is 885. The summed E-state index contributed by atoms with van der Waals surface area (Å²) in [5.41, 5.74) is 0. The van der Waals surface area contributed by atoms with Crippen molar-refractivity contribution < 1.29 is 16.8 Å². The fourth-order valence-electron chi connectivity index (χ4n) is 4.15. The molecule has 0 radical (unpaired) electrons. The summed E-state index contributed by atoms with van der Waals surface area (Å²) < 4.78 is 54.7. The van der Waals surface area contributed by atoms with E-state index < -0.39 is 20.0 Å². The Hall–Kier alpha value is -0.710. The van der Waals surface area contributed by atoms with Gasteiger partial charge in [0.05, 0.1) is 9.79 Å². The van der Waals surface area contributed by atoms with Crippen molar-refractivity contribution >= 4 is 32.5 Å². The number of hydrogen-bond acceptors (Lipinski definition) is 5. The first-order chi connectivity index (χ1) is 12.4. The van der Waals surface area contributed by atoms with Crippen LogP contribution in [0.15, 0.2) is 34.1 Å². The third kappa shape index (κ3) is 4.04. The minimum absolute atomic E-state index is 0. The van der Waals surface area contributed by atoms with Crippen LogP contribution in [0.4, 0.5) is 0 Å². The van der Waals surface area contributed by atoms with Crippen molar-refractivity contribution in [3.05, 3.63) is 24.3 Å². The van der Waals surface area contributed by atoms with E-state index in [0.29, 0.717) is 32.2 Å². The molecule has 10 heteroatoms. The average molecular weight is 436 g/mol. The molecule has 7 nitrogen and oxygen atoms in total. The number of rotatable bonds is 4. The molecule has 0 aromatic heterocycles. The number of halogens is 1. The monoisotopic (exact) mass is 435 g/mol. The molecule has 2 bridgehead atoms. The first kappa shape index (κ1) is 21.0. The fraction of sp³-hybridized carbons (Fsp3) is 0.647. The van der Waals surface area contributed by atoms with Gasteiger partial charge in [-0.2, -0.15) is 8.61 Å². The van der Waals surface area contributed by atoms with Gasteiger partial charge in [-0.3, -0.25) is 0 Å². The van der Waals surface area contributed by atoms with Gasteiger partial charge in [-0.15, -0.1) is 12.4 Å². The van der Waals surface area contributed by atoms with Gasteiger partial charge in [0, 0.05) is 38.3 Å². The quantitative estimate of drug-likeness (QED) is 0.772. The lowest BCUT2D eigenvalue weighted by molar-refractivity contribution is 0.383. The zero-order valence-electron chi connectivity index (χ0n) is 15.1. The van der Waals surface area contributed by atoms with E-state index in [9.17, 15) is 16.8 Å². The summed E-state index contributed by atoms with van der Waals surface area (Å²) in [6.07, 6.45) is 4.57. The molecule has 2 unspecified atom stereocenters. The number of fused-ring (bicyclic) bond motifs is 2. The van der Waals surface area contributed by atoms with Gasteiger partial charge in [0.2, 0.25) is 20.0 Å². The maximum absolute atomic E-state index is 13.1.